The van der Waals surface area contributed by atoms with Crippen molar-refractivity contribution in [1.29, 1.82) is 0 Å². The predicted octanol–water partition coefficient (Wildman–Crippen LogP) is 6.65. The third kappa shape index (κ3) is 6.96. The Bertz CT molecular complexity index is 2400. The van der Waals surface area contributed by atoms with Gasteiger partial charge in [-0.2, -0.15) is 10.2 Å². The SMILES string of the molecule is O=C(C(c1ccccc1)n1cnc2[nH]ncc2c1=S)N1CCC(c2ccccc2)CC1.O=C(O)C(c1ccccc1)n1cnc2[nH]ncc2c1=S. The smallest absolute Gasteiger partial charge is 0.331 e. The molecule has 0 aliphatic carbocycles. The Morgan fingerprint density at radius 3 is 1.63 bits per heavy atom. The third-order valence-electron chi connectivity index (χ3n) is 9.12. The van der Waals surface area contributed by atoms with E-state index in [2.05, 4.69) is 54.6 Å². The molecule has 0 spiro atoms. The number of likely N-dealkylation sites (tertiary alicyclic amines) is 1. The highest BCUT2D eigenvalue weighted by Crippen LogP contribution is 2.31. The number of carboxylic acid groups (broad SMARTS) is 1. The number of aliphatic carboxylic acids is 1. The van der Waals surface area contributed by atoms with E-state index in [0.717, 1.165) is 36.9 Å². The van der Waals surface area contributed by atoms with Gasteiger partial charge in [0, 0.05) is 13.1 Å². The van der Waals surface area contributed by atoms with E-state index in [9.17, 15) is 14.7 Å². The van der Waals surface area contributed by atoms with E-state index in [1.54, 1.807) is 47.6 Å². The number of nitrogens with one attached hydrogen (secondary N) is 2. The highest BCUT2D eigenvalue weighted by atomic mass is 32.1. The number of hydrogen-bond acceptors (Lipinski definition) is 8. The average Bonchev–Trinajstić information content (AvgIpc) is 3.87. The van der Waals surface area contributed by atoms with Crippen LogP contribution in [0.2, 0.25) is 0 Å². The Kier molecular flexibility index (Phi) is 9.85. The molecule has 256 valence electrons. The normalized spacial score (nSPS) is 14.5. The van der Waals surface area contributed by atoms with Gasteiger partial charge in [0.1, 0.15) is 15.3 Å². The Labute approximate surface area is 302 Å². The molecule has 0 saturated carbocycles. The van der Waals surface area contributed by atoms with Gasteiger partial charge in [0.05, 0.1) is 35.8 Å². The number of aromatic nitrogens is 8. The lowest BCUT2D eigenvalue weighted by atomic mass is 9.89. The standard InChI is InChI=1S/C24H23N5OS.C13H10N4O2S/c30-23(28-13-11-18(12-14-28)17-7-3-1-4-8-17)21(19-9-5-2-6-10-19)29-16-25-22-20(24(29)31)15-26-27-22;18-13(19)10(8-4-2-1-3-5-8)17-7-14-11-9(12(17)20)6-15-16-11/h1-10,15-16,18,21H,11-14H2,(H,26,27);1-7,10H,(H,15,16)(H,18,19). The minimum Gasteiger partial charge on any atom is -0.479 e. The molecule has 3 aromatic carbocycles. The summed E-state index contributed by atoms with van der Waals surface area (Å²) in [6.45, 7) is 1.47. The fourth-order valence-corrected chi connectivity index (χ4v) is 7.11. The van der Waals surface area contributed by atoms with Crippen molar-refractivity contribution < 1.29 is 14.7 Å². The summed E-state index contributed by atoms with van der Waals surface area (Å²) in [4.78, 5) is 35.9. The molecular formula is C37H33N9O3S2. The number of fused-ring (bicyclic) bond motifs is 2. The fourth-order valence-electron chi connectivity index (χ4n) is 6.51. The number of aromatic amines is 2. The number of rotatable bonds is 7. The molecule has 2 atom stereocenters. The van der Waals surface area contributed by atoms with Gasteiger partial charge in [-0.3, -0.25) is 15.0 Å². The van der Waals surface area contributed by atoms with Crippen molar-refractivity contribution in [1.82, 2.24) is 44.4 Å². The molecule has 1 aliphatic heterocycles. The van der Waals surface area contributed by atoms with Gasteiger partial charge in [0.2, 0.25) is 5.91 Å². The Morgan fingerprint density at radius 1 is 0.686 bits per heavy atom. The molecule has 5 heterocycles. The largest absolute Gasteiger partial charge is 0.479 e. The summed E-state index contributed by atoms with van der Waals surface area (Å²) in [6.07, 6.45) is 8.21. The van der Waals surface area contributed by atoms with Crippen molar-refractivity contribution in [2.24, 2.45) is 0 Å². The third-order valence-corrected chi connectivity index (χ3v) is 9.98. The summed E-state index contributed by atoms with van der Waals surface area (Å²) in [5.41, 5.74) is 4.07. The van der Waals surface area contributed by atoms with E-state index in [4.69, 9.17) is 24.4 Å². The quantitative estimate of drug-likeness (QED) is 0.154. The summed E-state index contributed by atoms with van der Waals surface area (Å²) in [6, 6.07) is 27.8. The van der Waals surface area contributed by atoms with Crippen molar-refractivity contribution >= 4 is 58.4 Å². The average molecular weight is 716 g/mol. The van der Waals surface area contributed by atoms with Crippen LogP contribution in [0.3, 0.4) is 0 Å². The molecule has 51 heavy (non-hydrogen) atoms. The van der Waals surface area contributed by atoms with Gasteiger partial charge >= 0.3 is 5.97 Å². The number of hydrogen-bond donors (Lipinski definition) is 3. The maximum Gasteiger partial charge on any atom is 0.331 e. The molecule has 8 rings (SSSR count). The molecule has 12 nitrogen and oxygen atoms in total. The number of benzene rings is 3. The first kappa shape index (κ1) is 33.6. The van der Waals surface area contributed by atoms with Crippen LogP contribution < -0.4 is 0 Å². The fraction of sp³-hybridized carbons (Fsp3) is 0.189. The van der Waals surface area contributed by atoms with Gasteiger partial charge < -0.3 is 19.1 Å². The van der Waals surface area contributed by atoms with Gasteiger partial charge in [0.25, 0.3) is 0 Å². The summed E-state index contributed by atoms with van der Waals surface area (Å²) < 4.78 is 4.21. The molecule has 14 heteroatoms. The molecule has 7 aromatic rings. The van der Waals surface area contributed by atoms with E-state index < -0.39 is 18.1 Å². The summed E-state index contributed by atoms with van der Waals surface area (Å²) in [5.74, 6) is -0.443. The maximum absolute atomic E-state index is 13.8. The molecular weight excluding hydrogens is 683 g/mol. The van der Waals surface area contributed by atoms with E-state index in [1.807, 2.05) is 47.4 Å². The number of carboxylic acids is 1. The van der Waals surface area contributed by atoms with Crippen molar-refractivity contribution in [2.75, 3.05) is 13.1 Å². The molecule has 1 aliphatic rings. The molecule has 2 unspecified atom stereocenters. The minimum absolute atomic E-state index is 0.0541. The number of carbonyl (C=O) groups is 2. The Hall–Kier alpha value is -5.86. The number of nitrogens with zero attached hydrogens (tertiary/aromatic N) is 7. The van der Waals surface area contributed by atoms with E-state index in [1.165, 1.54) is 16.5 Å². The zero-order valence-corrected chi connectivity index (χ0v) is 28.9. The lowest BCUT2D eigenvalue weighted by molar-refractivity contribution is -0.139. The van der Waals surface area contributed by atoms with Crippen LogP contribution in [0.25, 0.3) is 22.1 Å². The first-order valence-electron chi connectivity index (χ1n) is 16.4. The van der Waals surface area contributed by atoms with E-state index in [0.29, 0.717) is 37.4 Å². The second-order valence-electron chi connectivity index (χ2n) is 12.2. The highest BCUT2D eigenvalue weighted by molar-refractivity contribution is 7.71. The van der Waals surface area contributed by atoms with Gasteiger partial charge in [-0.15, -0.1) is 0 Å². The number of amides is 1. The van der Waals surface area contributed by atoms with Crippen LogP contribution in [0.15, 0.2) is 116 Å². The predicted molar refractivity (Wildman–Crippen MR) is 197 cm³/mol. The zero-order valence-electron chi connectivity index (χ0n) is 27.2. The highest BCUT2D eigenvalue weighted by Gasteiger charge is 2.31. The van der Waals surface area contributed by atoms with Gasteiger partial charge in [-0.25, -0.2) is 14.8 Å². The first-order chi connectivity index (χ1) is 24.9. The monoisotopic (exact) mass is 715 g/mol. The molecule has 3 N–H and O–H groups in total. The Morgan fingerprint density at radius 2 is 1.14 bits per heavy atom. The minimum atomic E-state index is -0.989. The lowest BCUT2D eigenvalue weighted by Gasteiger charge is -2.35. The van der Waals surface area contributed by atoms with Crippen molar-refractivity contribution in [3.63, 3.8) is 0 Å². The van der Waals surface area contributed by atoms with Crippen LogP contribution in [0.4, 0.5) is 0 Å². The summed E-state index contributed by atoms with van der Waals surface area (Å²) in [7, 11) is 0. The molecule has 1 saturated heterocycles. The molecule has 1 fully saturated rings. The topological polar surface area (TPSA) is 151 Å². The van der Waals surface area contributed by atoms with Crippen LogP contribution in [0, 0.1) is 9.28 Å². The van der Waals surface area contributed by atoms with Gasteiger partial charge in [0.15, 0.2) is 17.3 Å². The van der Waals surface area contributed by atoms with E-state index in [-0.39, 0.29) is 5.91 Å². The summed E-state index contributed by atoms with van der Waals surface area (Å²) in [5, 5.41) is 24.3. The van der Waals surface area contributed by atoms with Crippen LogP contribution in [-0.4, -0.2) is 74.5 Å². The van der Waals surface area contributed by atoms with Crippen LogP contribution >= 0.6 is 24.4 Å². The molecule has 0 bridgehead atoms. The Balaban J connectivity index is 0.000000175. The second-order valence-corrected chi connectivity index (χ2v) is 12.9. The number of carbonyl (C=O) groups excluding carboxylic acids is 1. The van der Waals surface area contributed by atoms with Crippen LogP contribution in [0.5, 0.6) is 0 Å². The van der Waals surface area contributed by atoms with Crippen molar-refractivity contribution in [3.8, 4) is 0 Å². The number of piperidine rings is 1. The molecule has 1 amide bonds. The van der Waals surface area contributed by atoms with Crippen LogP contribution in [-0.2, 0) is 9.59 Å². The lowest BCUT2D eigenvalue weighted by Crippen LogP contribution is -2.42. The zero-order chi connectivity index (χ0) is 35.3. The van der Waals surface area contributed by atoms with Gasteiger partial charge in [-0.1, -0.05) is 115 Å². The molecule has 4 aromatic heterocycles. The first-order valence-corrected chi connectivity index (χ1v) is 17.2. The molecule has 0 radical (unpaired) electrons. The number of H-pyrrole nitrogens is 2. The summed E-state index contributed by atoms with van der Waals surface area (Å²) >= 11 is 11.1. The van der Waals surface area contributed by atoms with Crippen molar-refractivity contribution in [2.45, 2.75) is 30.8 Å². The van der Waals surface area contributed by atoms with Gasteiger partial charge in [-0.05, 0) is 35.4 Å². The van der Waals surface area contributed by atoms with Crippen molar-refractivity contribution in [3.05, 3.63) is 142 Å². The second kappa shape index (κ2) is 14.9. The van der Waals surface area contributed by atoms with E-state index >= 15 is 0 Å². The maximum atomic E-state index is 13.8. The van der Waals surface area contributed by atoms with Crippen LogP contribution in [0.1, 0.15) is 47.5 Å².